The van der Waals surface area contributed by atoms with Crippen molar-refractivity contribution in [3.8, 4) is 23.7 Å². The average Bonchev–Trinajstić information content (AvgIpc) is 2.28. The molecule has 0 fully saturated rings. The van der Waals surface area contributed by atoms with Crippen LogP contribution in [-0.2, 0) is 9.53 Å². The minimum atomic E-state index is -0.383. The molecule has 0 aromatic carbocycles. The SMILES string of the molecule is C=CC#CCCOC(=O)/C=C/C#CCCC. The Bertz CT molecular complexity index is 356. The molecule has 2 heteroatoms. The van der Waals surface area contributed by atoms with E-state index in [0.717, 1.165) is 12.8 Å². The second-order valence-electron chi connectivity index (χ2n) is 2.85. The Labute approximate surface area is 97.4 Å². The third-order valence-corrected chi connectivity index (χ3v) is 1.46. The zero-order valence-corrected chi connectivity index (χ0v) is 9.58. The van der Waals surface area contributed by atoms with Crippen molar-refractivity contribution < 1.29 is 9.53 Å². The molecule has 0 saturated carbocycles. The molecule has 0 radical (unpaired) electrons. The Hall–Kier alpha value is -1.93. The number of rotatable bonds is 4. The first kappa shape index (κ1) is 14.1. The summed E-state index contributed by atoms with van der Waals surface area (Å²) in [6.45, 7) is 5.80. The van der Waals surface area contributed by atoms with Crippen molar-refractivity contribution >= 4 is 5.97 Å². The first-order valence-corrected chi connectivity index (χ1v) is 5.22. The van der Waals surface area contributed by atoms with Crippen molar-refractivity contribution in [1.82, 2.24) is 0 Å². The van der Waals surface area contributed by atoms with Crippen LogP contribution in [0.1, 0.15) is 26.2 Å². The number of carbonyl (C=O) groups excluding carboxylic acids is 1. The van der Waals surface area contributed by atoms with Gasteiger partial charge >= 0.3 is 5.97 Å². The van der Waals surface area contributed by atoms with E-state index in [1.807, 2.05) is 0 Å². The van der Waals surface area contributed by atoms with Gasteiger partial charge in [0.1, 0.15) is 6.61 Å². The Morgan fingerprint density at radius 1 is 1.31 bits per heavy atom. The van der Waals surface area contributed by atoms with E-state index in [0.29, 0.717) is 13.0 Å². The molecule has 0 aromatic rings. The summed E-state index contributed by atoms with van der Waals surface area (Å²) < 4.78 is 4.86. The highest BCUT2D eigenvalue weighted by Crippen LogP contribution is 1.85. The maximum atomic E-state index is 11.1. The molecule has 2 nitrogen and oxygen atoms in total. The van der Waals surface area contributed by atoms with Gasteiger partial charge in [0.05, 0.1) is 0 Å². The Balaban J connectivity index is 3.67. The lowest BCUT2D eigenvalue weighted by molar-refractivity contribution is -0.137. The normalized spacial score (nSPS) is 8.56. The number of allylic oxidation sites excluding steroid dienone is 2. The quantitative estimate of drug-likeness (QED) is 0.312. The molecule has 0 unspecified atom stereocenters. The highest BCUT2D eigenvalue weighted by molar-refractivity contribution is 5.82. The maximum absolute atomic E-state index is 11.1. The van der Waals surface area contributed by atoms with Crippen LogP contribution < -0.4 is 0 Å². The van der Waals surface area contributed by atoms with Crippen molar-refractivity contribution in [2.24, 2.45) is 0 Å². The van der Waals surface area contributed by atoms with Crippen LogP contribution in [0.25, 0.3) is 0 Å². The molecule has 0 rings (SSSR count). The largest absolute Gasteiger partial charge is 0.461 e. The summed E-state index contributed by atoms with van der Waals surface area (Å²) in [7, 11) is 0. The lowest BCUT2D eigenvalue weighted by Gasteiger charge is -1.95. The van der Waals surface area contributed by atoms with E-state index in [-0.39, 0.29) is 5.97 Å². The molecule has 0 aliphatic heterocycles. The highest BCUT2D eigenvalue weighted by atomic mass is 16.5. The zero-order chi connectivity index (χ0) is 12.1. The third-order valence-electron chi connectivity index (χ3n) is 1.46. The van der Waals surface area contributed by atoms with Gasteiger partial charge in [-0.25, -0.2) is 4.79 Å². The zero-order valence-electron chi connectivity index (χ0n) is 9.58. The van der Waals surface area contributed by atoms with E-state index < -0.39 is 0 Å². The summed E-state index contributed by atoms with van der Waals surface area (Å²) >= 11 is 0. The van der Waals surface area contributed by atoms with Crippen molar-refractivity contribution in [3.63, 3.8) is 0 Å². The summed E-state index contributed by atoms with van der Waals surface area (Å²) in [5.41, 5.74) is 0. The number of ether oxygens (including phenoxy) is 1. The molecule has 0 heterocycles. The minimum absolute atomic E-state index is 0.298. The molecule has 0 aliphatic rings. The second-order valence-corrected chi connectivity index (χ2v) is 2.85. The predicted molar refractivity (Wildman–Crippen MR) is 65.4 cm³/mol. The topological polar surface area (TPSA) is 26.3 Å². The molecular weight excluding hydrogens is 200 g/mol. The molecule has 16 heavy (non-hydrogen) atoms. The van der Waals surface area contributed by atoms with E-state index in [9.17, 15) is 4.79 Å². The van der Waals surface area contributed by atoms with Crippen LogP contribution in [0.4, 0.5) is 0 Å². The van der Waals surface area contributed by atoms with Crippen LogP contribution >= 0.6 is 0 Å². The molecule has 0 N–H and O–H groups in total. The number of esters is 1. The maximum Gasteiger partial charge on any atom is 0.331 e. The molecule has 0 atom stereocenters. The molecule has 0 aliphatic carbocycles. The number of hydrogen-bond donors (Lipinski definition) is 0. The second kappa shape index (κ2) is 11.1. The first-order chi connectivity index (χ1) is 7.81. The molecular formula is C14H16O2. The van der Waals surface area contributed by atoms with Gasteiger partial charge in [-0.3, -0.25) is 0 Å². The molecule has 0 saturated heterocycles. The van der Waals surface area contributed by atoms with Crippen LogP contribution in [-0.4, -0.2) is 12.6 Å². The lowest BCUT2D eigenvalue weighted by Crippen LogP contribution is -2.01. The van der Waals surface area contributed by atoms with Crippen molar-refractivity contribution in [1.29, 1.82) is 0 Å². The van der Waals surface area contributed by atoms with Crippen LogP contribution in [0.2, 0.25) is 0 Å². The number of carbonyl (C=O) groups is 1. The summed E-state index contributed by atoms with van der Waals surface area (Å²) in [5.74, 6) is 10.7. The predicted octanol–water partition coefficient (Wildman–Crippen LogP) is 2.47. The van der Waals surface area contributed by atoms with Gasteiger partial charge < -0.3 is 4.74 Å². The van der Waals surface area contributed by atoms with Crippen molar-refractivity contribution in [2.75, 3.05) is 6.61 Å². The summed E-state index contributed by atoms with van der Waals surface area (Å²) in [5, 5.41) is 0. The molecule has 0 bridgehead atoms. The fraction of sp³-hybridized carbons (Fsp3) is 0.357. The third kappa shape index (κ3) is 10.2. The van der Waals surface area contributed by atoms with Crippen molar-refractivity contribution in [3.05, 3.63) is 24.8 Å². The van der Waals surface area contributed by atoms with Gasteiger partial charge in [-0.1, -0.05) is 37.2 Å². The smallest absolute Gasteiger partial charge is 0.331 e. The standard InChI is InChI=1S/C14H16O2/c1-3-5-7-9-10-12-14(15)16-13-11-8-6-4-2/h4,10,12H,2-3,5,11,13H2,1H3/b12-10+. The summed E-state index contributed by atoms with van der Waals surface area (Å²) in [4.78, 5) is 11.1. The van der Waals surface area contributed by atoms with Gasteiger partial charge in [0, 0.05) is 18.9 Å². The monoisotopic (exact) mass is 216 g/mol. The Kier molecular flexibility index (Phi) is 9.80. The van der Waals surface area contributed by atoms with Gasteiger partial charge in [0.25, 0.3) is 0 Å². The molecule has 0 spiro atoms. The summed E-state index contributed by atoms with van der Waals surface area (Å²) in [6, 6.07) is 0. The fourth-order valence-corrected chi connectivity index (χ4v) is 0.761. The lowest BCUT2D eigenvalue weighted by atomic mass is 10.3. The Morgan fingerprint density at radius 2 is 2.06 bits per heavy atom. The van der Waals surface area contributed by atoms with Gasteiger partial charge in [-0.15, -0.1) is 0 Å². The fourth-order valence-electron chi connectivity index (χ4n) is 0.761. The minimum Gasteiger partial charge on any atom is -0.461 e. The van der Waals surface area contributed by atoms with Crippen LogP contribution in [0, 0.1) is 23.7 Å². The first-order valence-electron chi connectivity index (χ1n) is 5.22. The Morgan fingerprint density at radius 3 is 2.75 bits per heavy atom. The van der Waals surface area contributed by atoms with Gasteiger partial charge in [-0.05, 0) is 18.6 Å². The highest BCUT2D eigenvalue weighted by Gasteiger charge is 1.93. The van der Waals surface area contributed by atoms with Crippen LogP contribution in [0.15, 0.2) is 24.8 Å². The van der Waals surface area contributed by atoms with E-state index >= 15 is 0 Å². The molecule has 0 amide bonds. The van der Waals surface area contributed by atoms with E-state index in [1.54, 1.807) is 0 Å². The number of hydrogen-bond acceptors (Lipinski definition) is 2. The number of unbranched alkanes of at least 4 members (excludes halogenated alkanes) is 1. The molecule has 0 aromatic heterocycles. The summed E-state index contributed by atoms with van der Waals surface area (Å²) in [6.07, 6.45) is 6.72. The van der Waals surface area contributed by atoms with Crippen LogP contribution in [0.5, 0.6) is 0 Å². The van der Waals surface area contributed by atoms with E-state index in [4.69, 9.17) is 4.74 Å². The average molecular weight is 216 g/mol. The molecule has 84 valence electrons. The van der Waals surface area contributed by atoms with E-state index in [2.05, 4.69) is 37.2 Å². The van der Waals surface area contributed by atoms with Gasteiger partial charge in [-0.2, -0.15) is 0 Å². The van der Waals surface area contributed by atoms with Crippen molar-refractivity contribution in [2.45, 2.75) is 26.2 Å². The van der Waals surface area contributed by atoms with Gasteiger partial charge in [0.2, 0.25) is 0 Å². The van der Waals surface area contributed by atoms with Crippen LogP contribution in [0.3, 0.4) is 0 Å². The van der Waals surface area contributed by atoms with E-state index in [1.165, 1.54) is 18.2 Å². The van der Waals surface area contributed by atoms with Gasteiger partial charge in [0.15, 0.2) is 0 Å².